The third-order valence-corrected chi connectivity index (χ3v) is 4.70. The molecule has 0 fully saturated rings. The van der Waals surface area contributed by atoms with Crippen LogP contribution >= 0.6 is 11.6 Å². The summed E-state index contributed by atoms with van der Waals surface area (Å²) in [4.78, 5) is 0.147. The largest absolute Gasteiger partial charge is 0.316 e. The topological polar surface area (TPSA) is 58.2 Å². The molecule has 2 aromatic carbocycles. The van der Waals surface area contributed by atoms with Gasteiger partial charge < -0.3 is 5.32 Å². The second-order valence-electron chi connectivity index (χ2n) is 4.76. The summed E-state index contributed by atoms with van der Waals surface area (Å²) >= 11 is 6.11. The number of anilines is 1. The maximum absolute atomic E-state index is 12.3. The van der Waals surface area contributed by atoms with Crippen LogP contribution in [0, 0.1) is 6.92 Å². The van der Waals surface area contributed by atoms with Crippen LogP contribution in [0.1, 0.15) is 11.1 Å². The molecule has 2 rings (SSSR count). The molecule has 0 amide bonds. The van der Waals surface area contributed by atoms with Crippen LogP contribution in [0.5, 0.6) is 0 Å². The van der Waals surface area contributed by atoms with Crippen molar-refractivity contribution < 1.29 is 8.42 Å². The second-order valence-corrected chi connectivity index (χ2v) is 6.85. The van der Waals surface area contributed by atoms with Crippen LogP contribution in [-0.2, 0) is 16.6 Å². The number of aryl methyl sites for hydroxylation is 1. The number of nitrogens with one attached hydrogen (secondary N) is 2. The van der Waals surface area contributed by atoms with Gasteiger partial charge in [-0.1, -0.05) is 29.8 Å². The molecule has 0 spiro atoms. The van der Waals surface area contributed by atoms with Crippen molar-refractivity contribution in [2.45, 2.75) is 18.4 Å². The summed E-state index contributed by atoms with van der Waals surface area (Å²) in [5.74, 6) is 0. The number of hydrogen-bond donors (Lipinski definition) is 2. The van der Waals surface area contributed by atoms with Crippen LogP contribution in [0.25, 0.3) is 0 Å². The SMILES string of the molecule is CNCc1ccc(S(=O)(=O)Nc2cccc(C)c2)cc1Cl. The molecule has 0 atom stereocenters. The quantitative estimate of drug-likeness (QED) is 0.888. The van der Waals surface area contributed by atoms with Crippen molar-refractivity contribution in [1.29, 1.82) is 0 Å². The number of rotatable bonds is 5. The van der Waals surface area contributed by atoms with Crippen molar-refractivity contribution in [3.8, 4) is 0 Å². The Balaban J connectivity index is 2.29. The van der Waals surface area contributed by atoms with E-state index in [2.05, 4.69) is 10.0 Å². The van der Waals surface area contributed by atoms with E-state index in [1.165, 1.54) is 6.07 Å². The summed E-state index contributed by atoms with van der Waals surface area (Å²) in [5, 5.41) is 3.41. The maximum atomic E-state index is 12.3. The van der Waals surface area contributed by atoms with Crippen molar-refractivity contribution in [2.24, 2.45) is 0 Å². The number of sulfonamides is 1. The first-order chi connectivity index (χ1) is 9.92. The predicted octanol–water partition coefficient (Wildman–Crippen LogP) is 3.17. The monoisotopic (exact) mass is 324 g/mol. The van der Waals surface area contributed by atoms with Gasteiger partial charge in [0.05, 0.1) is 4.90 Å². The van der Waals surface area contributed by atoms with Gasteiger partial charge in [0, 0.05) is 17.3 Å². The van der Waals surface area contributed by atoms with E-state index in [9.17, 15) is 8.42 Å². The van der Waals surface area contributed by atoms with Crippen molar-refractivity contribution in [1.82, 2.24) is 5.32 Å². The highest BCUT2D eigenvalue weighted by molar-refractivity contribution is 7.92. The molecular weight excluding hydrogens is 308 g/mol. The summed E-state index contributed by atoms with van der Waals surface area (Å²) < 4.78 is 27.2. The lowest BCUT2D eigenvalue weighted by molar-refractivity contribution is 0.601. The van der Waals surface area contributed by atoms with Gasteiger partial charge >= 0.3 is 0 Å². The summed E-state index contributed by atoms with van der Waals surface area (Å²) in [7, 11) is -1.83. The Labute approximate surface area is 130 Å². The van der Waals surface area contributed by atoms with Crippen molar-refractivity contribution >= 4 is 27.3 Å². The fourth-order valence-electron chi connectivity index (χ4n) is 1.95. The summed E-state index contributed by atoms with van der Waals surface area (Å²) in [6.07, 6.45) is 0. The van der Waals surface area contributed by atoms with Crippen LogP contribution in [0.3, 0.4) is 0 Å². The van der Waals surface area contributed by atoms with E-state index >= 15 is 0 Å². The van der Waals surface area contributed by atoms with Gasteiger partial charge in [0.25, 0.3) is 10.0 Å². The highest BCUT2D eigenvalue weighted by Gasteiger charge is 2.15. The molecule has 0 unspecified atom stereocenters. The Bertz CT molecular complexity index is 745. The van der Waals surface area contributed by atoms with E-state index in [1.807, 2.05) is 13.0 Å². The zero-order valence-electron chi connectivity index (χ0n) is 11.9. The molecule has 0 bridgehead atoms. The number of hydrogen-bond acceptors (Lipinski definition) is 3. The summed E-state index contributed by atoms with van der Waals surface area (Å²) in [6.45, 7) is 2.49. The molecule has 2 N–H and O–H groups in total. The Morgan fingerprint density at radius 1 is 1.14 bits per heavy atom. The van der Waals surface area contributed by atoms with Crippen LogP contribution < -0.4 is 10.0 Å². The molecule has 6 heteroatoms. The normalized spacial score (nSPS) is 11.4. The van der Waals surface area contributed by atoms with Gasteiger partial charge in [-0.15, -0.1) is 0 Å². The van der Waals surface area contributed by atoms with Crippen LogP contribution in [0.4, 0.5) is 5.69 Å². The van der Waals surface area contributed by atoms with Crippen molar-refractivity contribution in [3.05, 3.63) is 58.6 Å². The van der Waals surface area contributed by atoms with E-state index in [1.54, 1.807) is 37.4 Å². The Hall–Kier alpha value is -1.56. The first kappa shape index (κ1) is 15.8. The first-order valence-corrected chi connectivity index (χ1v) is 8.31. The molecule has 112 valence electrons. The van der Waals surface area contributed by atoms with E-state index in [4.69, 9.17) is 11.6 Å². The highest BCUT2D eigenvalue weighted by Crippen LogP contribution is 2.23. The van der Waals surface area contributed by atoms with E-state index < -0.39 is 10.0 Å². The standard InChI is InChI=1S/C15H17ClN2O2S/c1-11-4-3-5-13(8-11)18-21(19,20)14-7-6-12(10-17-2)15(16)9-14/h3-9,17-18H,10H2,1-2H3. The Kier molecular flexibility index (Phi) is 4.88. The van der Waals surface area contributed by atoms with Gasteiger partial charge in [0.15, 0.2) is 0 Å². The zero-order chi connectivity index (χ0) is 15.5. The molecule has 0 saturated carbocycles. The number of benzene rings is 2. The molecule has 0 aliphatic carbocycles. The summed E-state index contributed by atoms with van der Waals surface area (Å²) in [5.41, 5.74) is 2.37. The molecule has 0 heterocycles. The molecule has 0 saturated heterocycles. The fourth-order valence-corrected chi connectivity index (χ4v) is 3.34. The average Bonchev–Trinajstić information content (AvgIpc) is 2.40. The smallest absolute Gasteiger partial charge is 0.261 e. The van der Waals surface area contributed by atoms with Gasteiger partial charge in [0.1, 0.15) is 0 Å². The van der Waals surface area contributed by atoms with Gasteiger partial charge in [0.2, 0.25) is 0 Å². The third kappa shape index (κ3) is 3.97. The van der Waals surface area contributed by atoms with Gasteiger partial charge in [-0.3, -0.25) is 4.72 Å². The zero-order valence-corrected chi connectivity index (χ0v) is 13.4. The first-order valence-electron chi connectivity index (χ1n) is 6.45. The predicted molar refractivity (Wildman–Crippen MR) is 86.2 cm³/mol. The van der Waals surface area contributed by atoms with Crippen LogP contribution in [0.15, 0.2) is 47.4 Å². The lowest BCUT2D eigenvalue weighted by Crippen LogP contribution is -2.13. The molecule has 0 aromatic heterocycles. The van der Waals surface area contributed by atoms with Gasteiger partial charge in [-0.05, 0) is 49.4 Å². The van der Waals surface area contributed by atoms with E-state index in [-0.39, 0.29) is 4.90 Å². The average molecular weight is 325 g/mol. The van der Waals surface area contributed by atoms with Crippen LogP contribution in [-0.4, -0.2) is 15.5 Å². The lowest BCUT2D eigenvalue weighted by Gasteiger charge is -2.10. The minimum absolute atomic E-state index is 0.147. The fraction of sp³-hybridized carbons (Fsp3) is 0.200. The van der Waals surface area contributed by atoms with Crippen LogP contribution in [0.2, 0.25) is 5.02 Å². The third-order valence-electron chi connectivity index (χ3n) is 2.97. The minimum atomic E-state index is -3.64. The lowest BCUT2D eigenvalue weighted by atomic mass is 10.2. The van der Waals surface area contributed by atoms with Gasteiger partial charge in [-0.25, -0.2) is 8.42 Å². The van der Waals surface area contributed by atoms with Crippen molar-refractivity contribution in [3.63, 3.8) is 0 Å². The second kappa shape index (κ2) is 6.47. The van der Waals surface area contributed by atoms with Crippen molar-refractivity contribution in [2.75, 3.05) is 11.8 Å². The Morgan fingerprint density at radius 2 is 1.90 bits per heavy atom. The van der Waals surface area contributed by atoms with Gasteiger partial charge in [-0.2, -0.15) is 0 Å². The van der Waals surface area contributed by atoms with E-state index in [0.717, 1.165) is 11.1 Å². The molecule has 4 nitrogen and oxygen atoms in total. The molecule has 21 heavy (non-hydrogen) atoms. The summed E-state index contributed by atoms with van der Waals surface area (Å²) in [6, 6.07) is 11.9. The van der Waals surface area contributed by atoms with E-state index in [0.29, 0.717) is 17.3 Å². The Morgan fingerprint density at radius 3 is 2.52 bits per heavy atom. The molecule has 0 aliphatic heterocycles. The number of halogens is 1. The molecule has 0 aliphatic rings. The molecule has 2 aromatic rings. The molecular formula is C15H17ClN2O2S. The highest BCUT2D eigenvalue weighted by atomic mass is 35.5. The molecule has 0 radical (unpaired) electrons. The maximum Gasteiger partial charge on any atom is 0.261 e. The minimum Gasteiger partial charge on any atom is -0.316 e.